The third kappa shape index (κ3) is 5.42. The summed E-state index contributed by atoms with van der Waals surface area (Å²) in [6, 6.07) is 3.72. The third-order valence-electron chi connectivity index (χ3n) is 7.65. The summed E-state index contributed by atoms with van der Waals surface area (Å²) < 4.78 is 94.2. The molecule has 2 fully saturated rings. The van der Waals surface area contributed by atoms with Gasteiger partial charge in [0.2, 0.25) is 0 Å². The van der Waals surface area contributed by atoms with Crippen LogP contribution in [0, 0.1) is 24.6 Å². The normalized spacial score (nSPS) is 23.1. The van der Waals surface area contributed by atoms with E-state index in [0.29, 0.717) is 43.1 Å². The molecule has 11 heteroatoms. The highest BCUT2D eigenvalue weighted by Crippen LogP contribution is 2.44. The Morgan fingerprint density at radius 3 is 2.22 bits per heavy atom. The van der Waals surface area contributed by atoms with Gasteiger partial charge in [0.05, 0.1) is 23.2 Å². The van der Waals surface area contributed by atoms with Gasteiger partial charge in [-0.3, -0.25) is 0 Å². The van der Waals surface area contributed by atoms with Crippen molar-refractivity contribution in [1.29, 1.82) is 0 Å². The van der Waals surface area contributed by atoms with Gasteiger partial charge in [-0.25, -0.2) is 9.18 Å². The number of nitrogens with one attached hydrogen (secondary N) is 1. The molecule has 2 amide bonds. The van der Waals surface area contributed by atoms with Gasteiger partial charge in [0.1, 0.15) is 5.82 Å². The first-order valence-electron chi connectivity index (χ1n) is 12.0. The maximum atomic E-state index is 13.8. The molecule has 2 aliphatic rings. The van der Waals surface area contributed by atoms with Crippen LogP contribution < -0.4 is 5.32 Å². The number of fused-ring (bicyclic) bond motifs is 1. The number of alkyl halides is 6. The van der Waals surface area contributed by atoms with Crippen LogP contribution in [0.1, 0.15) is 53.2 Å². The van der Waals surface area contributed by atoms with Crippen molar-refractivity contribution >= 4 is 6.03 Å². The van der Waals surface area contributed by atoms with Crippen LogP contribution in [-0.4, -0.2) is 42.5 Å². The summed E-state index contributed by atoms with van der Waals surface area (Å²) in [5.74, 6) is -0.0817. The fourth-order valence-electron chi connectivity index (χ4n) is 5.51. The number of halogens is 7. The first-order chi connectivity index (χ1) is 17.2. The topological polar surface area (TPSA) is 35.6 Å². The molecule has 0 bridgehead atoms. The van der Waals surface area contributed by atoms with Crippen molar-refractivity contribution in [3.63, 3.8) is 0 Å². The number of rotatable bonds is 3. The van der Waals surface area contributed by atoms with E-state index in [-0.39, 0.29) is 17.5 Å². The number of carbonyl (C=O) groups is 1. The fraction of sp³-hybridized carbons (Fsp3) is 0.500. The van der Waals surface area contributed by atoms with Gasteiger partial charge in [-0.1, -0.05) is 6.07 Å². The summed E-state index contributed by atoms with van der Waals surface area (Å²) in [5, 5.41) is 3.33. The lowest BCUT2D eigenvalue weighted by molar-refractivity contribution is -0.143. The maximum absolute atomic E-state index is 13.8. The average molecular weight is 532 g/mol. The molecule has 0 saturated carbocycles. The number of carbonyl (C=O) groups excluding carboxylic acids is 1. The number of amides is 2. The molecule has 4 atom stereocenters. The number of benzene rings is 2. The number of nitrogens with zero attached hydrogens (tertiary/aromatic N) is 2. The van der Waals surface area contributed by atoms with Crippen molar-refractivity contribution in [1.82, 2.24) is 15.1 Å². The second-order valence-electron chi connectivity index (χ2n) is 9.92. The Hall–Kier alpha value is -2.82. The Bertz CT molecular complexity index is 1130. The van der Waals surface area contributed by atoms with E-state index >= 15 is 0 Å². The van der Waals surface area contributed by atoms with E-state index in [2.05, 4.69) is 5.32 Å². The number of piperidine rings is 1. The minimum absolute atomic E-state index is 0.0379. The minimum Gasteiger partial charge on any atom is -0.321 e. The number of likely N-dealkylation sites (tertiary alicyclic amines) is 1. The third-order valence-corrected chi connectivity index (χ3v) is 7.65. The molecule has 0 spiro atoms. The zero-order chi connectivity index (χ0) is 27.3. The van der Waals surface area contributed by atoms with E-state index in [4.69, 9.17) is 0 Å². The highest BCUT2D eigenvalue weighted by molar-refractivity contribution is 5.75. The summed E-state index contributed by atoms with van der Waals surface area (Å²) >= 11 is 0. The van der Waals surface area contributed by atoms with E-state index in [9.17, 15) is 35.5 Å². The Labute approximate surface area is 210 Å². The molecule has 2 aromatic carbocycles. The Morgan fingerprint density at radius 1 is 1.03 bits per heavy atom. The van der Waals surface area contributed by atoms with Crippen molar-refractivity contribution < 1.29 is 35.5 Å². The van der Waals surface area contributed by atoms with Crippen LogP contribution >= 0.6 is 0 Å². The molecule has 202 valence electrons. The number of aryl methyl sites for hydroxylation is 1. The quantitative estimate of drug-likeness (QED) is 0.455. The lowest BCUT2D eigenvalue weighted by atomic mass is 9.78. The Balaban J connectivity index is 1.69. The van der Waals surface area contributed by atoms with Crippen molar-refractivity contribution in [2.24, 2.45) is 11.8 Å². The zero-order valence-corrected chi connectivity index (χ0v) is 20.6. The number of urea groups is 1. The van der Waals surface area contributed by atoms with Gasteiger partial charge in [0.25, 0.3) is 0 Å². The van der Waals surface area contributed by atoms with Crippen molar-refractivity contribution in [3.8, 4) is 0 Å². The van der Waals surface area contributed by atoms with Crippen LogP contribution in [-0.2, 0) is 12.4 Å². The lowest BCUT2D eigenvalue weighted by Gasteiger charge is -2.45. The molecule has 2 saturated heterocycles. The molecule has 37 heavy (non-hydrogen) atoms. The van der Waals surface area contributed by atoms with Gasteiger partial charge in [-0.05, 0) is 79.8 Å². The van der Waals surface area contributed by atoms with E-state index in [1.165, 1.54) is 31.0 Å². The zero-order valence-electron chi connectivity index (χ0n) is 20.6. The van der Waals surface area contributed by atoms with Crippen molar-refractivity contribution in [3.05, 3.63) is 70.0 Å². The average Bonchev–Trinajstić information content (AvgIpc) is 3.30. The van der Waals surface area contributed by atoms with E-state index in [0.717, 1.165) is 12.1 Å². The van der Waals surface area contributed by atoms with Gasteiger partial charge in [0, 0.05) is 26.1 Å². The smallest absolute Gasteiger partial charge is 0.321 e. The monoisotopic (exact) mass is 531 g/mol. The molecule has 2 aromatic rings. The Kier molecular flexibility index (Phi) is 7.22. The summed E-state index contributed by atoms with van der Waals surface area (Å²) in [7, 11) is 1.37. The van der Waals surface area contributed by atoms with Gasteiger partial charge in [-0.2, -0.15) is 26.3 Å². The second kappa shape index (κ2) is 9.81. The van der Waals surface area contributed by atoms with Crippen LogP contribution in [0.4, 0.5) is 35.5 Å². The van der Waals surface area contributed by atoms with Crippen LogP contribution in [0.2, 0.25) is 0 Å². The van der Waals surface area contributed by atoms with Crippen LogP contribution in [0.5, 0.6) is 0 Å². The van der Waals surface area contributed by atoms with Crippen molar-refractivity contribution in [2.75, 3.05) is 26.7 Å². The summed E-state index contributed by atoms with van der Waals surface area (Å²) in [6.45, 7) is 4.92. The Morgan fingerprint density at radius 2 is 1.65 bits per heavy atom. The van der Waals surface area contributed by atoms with E-state index < -0.39 is 47.4 Å². The predicted octanol–water partition coefficient (Wildman–Crippen LogP) is 6.57. The molecule has 0 aliphatic carbocycles. The largest absolute Gasteiger partial charge is 0.416 e. The van der Waals surface area contributed by atoms with E-state index in [1.807, 2.05) is 0 Å². The lowest BCUT2D eigenvalue weighted by Crippen LogP contribution is -2.51. The van der Waals surface area contributed by atoms with Crippen LogP contribution in [0.25, 0.3) is 0 Å². The molecular weight excluding hydrogens is 503 g/mol. The van der Waals surface area contributed by atoms with Gasteiger partial charge >= 0.3 is 18.4 Å². The number of hydrogen-bond donors (Lipinski definition) is 1. The molecule has 0 radical (unpaired) electrons. The van der Waals surface area contributed by atoms with Crippen LogP contribution in [0.15, 0.2) is 36.4 Å². The standard InChI is InChI=1S/C26H28F7N3O/c1-14-8-20(27)4-5-21(14)23-22-13-34-12-16(22)6-7-36(23)24(37)35(3)15(2)17-9-18(25(28,29)30)11-19(10-17)26(31,32)33/h4-5,8-11,15-16,22-23,34H,6-7,12-13H2,1-3H3/t15?,16?,22-,23?/m1/s1. The second-order valence-corrected chi connectivity index (χ2v) is 9.92. The predicted molar refractivity (Wildman–Crippen MR) is 123 cm³/mol. The van der Waals surface area contributed by atoms with Gasteiger partial charge in [-0.15, -0.1) is 0 Å². The summed E-state index contributed by atoms with van der Waals surface area (Å²) in [4.78, 5) is 16.5. The van der Waals surface area contributed by atoms with Crippen LogP contribution in [0.3, 0.4) is 0 Å². The molecule has 4 nitrogen and oxygen atoms in total. The molecule has 2 heterocycles. The highest BCUT2D eigenvalue weighted by Gasteiger charge is 2.45. The molecule has 4 rings (SSSR count). The first-order valence-corrected chi connectivity index (χ1v) is 12.0. The molecule has 0 aromatic heterocycles. The van der Waals surface area contributed by atoms with E-state index in [1.54, 1.807) is 17.9 Å². The van der Waals surface area contributed by atoms with Gasteiger partial charge in [0.15, 0.2) is 0 Å². The summed E-state index contributed by atoms with van der Waals surface area (Å²) in [5.41, 5.74) is -1.69. The highest BCUT2D eigenvalue weighted by atomic mass is 19.4. The summed E-state index contributed by atoms with van der Waals surface area (Å²) in [6.07, 6.45) is -9.27. The maximum Gasteiger partial charge on any atom is 0.416 e. The molecule has 2 aliphatic heterocycles. The first kappa shape index (κ1) is 27.2. The molecular formula is C26H28F7N3O. The SMILES string of the molecule is Cc1cc(F)ccc1C1[C@@H]2CNCC2CCN1C(=O)N(C)C(C)c1cc(C(F)(F)F)cc(C(F)(F)F)c1. The fourth-order valence-corrected chi connectivity index (χ4v) is 5.51. The van der Waals surface area contributed by atoms with Gasteiger partial charge < -0.3 is 15.1 Å². The minimum atomic E-state index is -4.99. The number of hydrogen-bond acceptors (Lipinski definition) is 2. The molecule has 1 N–H and O–H groups in total. The van der Waals surface area contributed by atoms with Crippen molar-refractivity contribution in [2.45, 2.75) is 44.7 Å². The molecule has 3 unspecified atom stereocenters.